The van der Waals surface area contributed by atoms with Crippen molar-refractivity contribution in [3.63, 3.8) is 0 Å². The van der Waals surface area contributed by atoms with Crippen LogP contribution in [0.25, 0.3) is 32.9 Å². The minimum atomic E-state index is -1.01. The van der Waals surface area contributed by atoms with Gasteiger partial charge in [0.15, 0.2) is 0 Å². The van der Waals surface area contributed by atoms with E-state index in [0.717, 1.165) is 38.9 Å². The molecule has 0 saturated carbocycles. The lowest BCUT2D eigenvalue weighted by Crippen LogP contribution is -2.49. The normalized spacial score (nSPS) is 15.3. The van der Waals surface area contributed by atoms with Crippen LogP contribution >= 0.6 is 0 Å². The van der Waals surface area contributed by atoms with Crippen molar-refractivity contribution in [3.05, 3.63) is 132 Å². The Morgan fingerprint density at radius 2 is 1.40 bits per heavy atom. The molecule has 1 unspecified atom stereocenters. The summed E-state index contributed by atoms with van der Waals surface area (Å²) >= 11 is 0. The summed E-state index contributed by atoms with van der Waals surface area (Å²) in [7, 11) is 3.89. The van der Waals surface area contributed by atoms with Crippen LogP contribution in [0, 0.1) is 0 Å². The Kier molecular flexibility index (Phi) is 7.15. The van der Waals surface area contributed by atoms with Gasteiger partial charge in [-0.1, -0.05) is 103 Å². The van der Waals surface area contributed by atoms with Crippen LogP contribution in [0.1, 0.15) is 44.9 Å². The van der Waals surface area contributed by atoms with E-state index in [1.165, 1.54) is 22.3 Å². The Hall–Kier alpha value is -4.65. The average molecular weight is 591 g/mol. The molecule has 1 atom stereocenters. The van der Waals surface area contributed by atoms with Gasteiger partial charge >= 0.3 is 7.48 Å². The molecular weight excluding hydrogens is 553 g/mol. The molecule has 223 valence electrons. The molecule has 0 aliphatic carbocycles. The minimum absolute atomic E-state index is 0.0424. The van der Waals surface area contributed by atoms with Gasteiger partial charge in [0.2, 0.25) is 5.96 Å². The van der Waals surface area contributed by atoms with Gasteiger partial charge in [-0.15, -0.1) is 0 Å². The molecule has 1 aromatic heterocycles. The summed E-state index contributed by atoms with van der Waals surface area (Å²) in [6, 6.07) is 42.6. The van der Waals surface area contributed by atoms with E-state index in [1.54, 1.807) is 21.3 Å². The van der Waals surface area contributed by atoms with Crippen molar-refractivity contribution in [2.24, 2.45) is 4.99 Å². The maximum absolute atomic E-state index is 10.6. The number of aromatic nitrogens is 1. The van der Waals surface area contributed by atoms with E-state index in [9.17, 15) is 5.11 Å². The number of aliphatic hydroxyl groups is 1. The molecule has 5 nitrogen and oxygen atoms in total. The smallest absolute Gasteiger partial charge is 0.330 e. The lowest BCUT2D eigenvalue weighted by Gasteiger charge is -2.37. The molecule has 0 fully saturated rings. The monoisotopic (exact) mass is 590 g/mol. The third kappa shape index (κ3) is 5.14. The molecule has 6 aromatic rings. The maximum Gasteiger partial charge on any atom is 0.330 e. The predicted molar refractivity (Wildman–Crippen MR) is 187 cm³/mol. The first-order chi connectivity index (χ1) is 21.6. The molecule has 45 heavy (non-hydrogen) atoms. The zero-order valence-electron chi connectivity index (χ0n) is 26.4. The highest BCUT2D eigenvalue weighted by Gasteiger charge is 2.36. The van der Waals surface area contributed by atoms with Crippen molar-refractivity contribution in [2.75, 3.05) is 7.05 Å². The van der Waals surface area contributed by atoms with Crippen molar-refractivity contribution in [2.45, 2.75) is 44.9 Å². The second-order valence-corrected chi connectivity index (χ2v) is 12.9. The van der Waals surface area contributed by atoms with Crippen molar-refractivity contribution in [1.82, 2.24) is 9.47 Å². The van der Waals surface area contributed by atoms with E-state index in [4.69, 9.17) is 9.65 Å². The van der Waals surface area contributed by atoms with Crippen LogP contribution in [-0.2, 0) is 4.65 Å². The third-order valence-electron chi connectivity index (χ3n) is 9.32. The second kappa shape index (κ2) is 11.1. The standard InChI is InChI=1S/C39H37BN3O2/c1-38(2,44)39(3,4)45-40-29-22-23-31-30-18-10-12-21-34(30)43(35(31)25-29)37-41-33-20-11-9-19-32(33)36(42(37)5)28-17-13-16-27(24-28)26-14-7-6-8-15-26/h6-25,36,44H,1-5H3. The zero-order chi connectivity index (χ0) is 31.3. The van der Waals surface area contributed by atoms with Crippen LogP contribution in [0.15, 0.2) is 126 Å². The molecule has 0 bridgehead atoms. The van der Waals surface area contributed by atoms with E-state index in [1.807, 2.05) is 13.8 Å². The van der Waals surface area contributed by atoms with Crippen molar-refractivity contribution in [3.8, 4) is 11.1 Å². The largest absolute Gasteiger partial charge is 0.427 e. The minimum Gasteiger partial charge on any atom is -0.427 e. The quantitative estimate of drug-likeness (QED) is 0.201. The molecule has 1 N–H and O–H groups in total. The second-order valence-electron chi connectivity index (χ2n) is 12.9. The van der Waals surface area contributed by atoms with Gasteiger partial charge in [0.05, 0.1) is 34.0 Å². The topological polar surface area (TPSA) is 50.0 Å². The van der Waals surface area contributed by atoms with E-state index in [2.05, 4.69) is 138 Å². The first kappa shape index (κ1) is 29.1. The van der Waals surface area contributed by atoms with Gasteiger partial charge < -0.3 is 14.7 Å². The molecule has 0 spiro atoms. The summed E-state index contributed by atoms with van der Waals surface area (Å²) in [5.74, 6) is 0.852. The number of rotatable bonds is 6. The van der Waals surface area contributed by atoms with Crippen LogP contribution in [0.3, 0.4) is 0 Å². The first-order valence-electron chi connectivity index (χ1n) is 15.5. The highest BCUT2D eigenvalue weighted by molar-refractivity contribution is 6.47. The van der Waals surface area contributed by atoms with Gasteiger partial charge in [-0.25, -0.2) is 4.99 Å². The Morgan fingerprint density at radius 1 is 0.711 bits per heavy atom. The molecule has 5 aromatic carbocycles. The van der Waals surface area contributed by atoms with Crippen LogP contribution in [0.2, 0.25) is 0 Å². The lowest BCUT2D eigenvalue weighted by molar-refractivity contribution is -0.0893. The van der Waals surface area contributed by atoms with E-state index >= 15 is 0 Å². The molecule has 6 heteroatoms. The maximum atomic E-state index is 10.6. The molecular formula is C39H37BN3O2. The Labute approximate surface area is 265 Å². The van der Waals surface area contributed by atoms with Gasteiger partial charge in [0, 0.05) is 23.4 Å². The SMILES string of the molecule is CN1C(n2c3ccccc3c3ccc([B]OC(C)(C)C(C)(C)O)cc32)=Nc2ccccc2C1c1cccc(-c2ccccc2)c1. The van der Waals surface area contributed by atoms with Gasteiger partial charge in [-0.05, 0) is 68.7 Å². The fourth-order valence-electron chi connectivity index (χ4n) is 6.10. The van der Waals surface area contributed by atoms with Crippen LogP contribution in [0.4, 0.5) is 5.69 Å². The van der Waals surface area contributed by atoms with E-state index in [-0.39, 0.29) is 6.04 Å². The fourth-order valence-corrected chi connectivity index (χ4v) is 6.10. The predicted octanol–water partition coefficient (Wildman–Crippen LogP) is 7.84. The van der Waals surface area contributed by atoms with E-state index < -0.39 is 11.2 Å². The molecule has 0 saturated heterocycles. The Morgan fingerprint density at radius 3 is 2.20 bits per heavy atom. The number of hydrogen-bond donors (Lipinski definition) is 1. The summed E-state index contributed by atoms with van der Waals surface area (Å²) in [5.41, 5.74) is 6.98. The van der Waals surface area contributed by atoms with Gasteiger partial charge in [-0.3, -0.25) is 4.57 Å². The number of fused-ring (bicyclic) bond motifs is 4. The van der Waals surface area contributed by atoms with Crippen molar-refractivity contribution >= 4 is 46.4 Å². The zero-order valence-corrected chi connectivity index (χ0v) is 26.4. The van der Waals surface area contributed by atoms with Crippen LogP contribution < -0.4 is 5.46 Å². The summed E-state index contributed by atoms with van der Waals surface area (Å²) < 4.78 is 8.42. The van der Waals surface area contributed by atoms with Crippen molar-refractivity contribution < 1.29 is 9.76 Å². The molecule has 0 amide bonds. The first-order valence-corrected chi connectivity index (χ1v) is 15.5. The lowest BCUT2D eigenvalue weighted by atomic mass is 9.82. The highest BCUT2D eigenvalue weighted by Crippen LogP contribution is 2.41. The summed E-state index contributed by atoms with van der Waals surface area (Å²) in [6.45, 7) is 7.33. The average Bonchev–Trinajstić information content (AvgIpc) is 3.37. The Balaban J connectivity index is 1.37. The highest BCUT2D eigenvalue weighted by atomic mass is 16.5. The van der Waals surface area contributed by atoms with Crippen molar-refractivity contribution in [1.29, 1.82) is 0 Å². The van der Waals surface area contributed by atoms with Crippen LogP contribution in [-0.4, -0.2) is 46.3 Å². The molecule has 1 radical (unpaired) electrons. The Bertz CT molecular complexity index is 2060. The number of para-hydroxylation sites is 2. The fraction of sp³-hybridized carbons (Fsp3) is 0.205. The molecule has 1 aliphatic rings. The summed E-state index contributed by atoms with van der Waals surface area (Å²) in [6.07, 6.45) is 0. The van der Waals surface area contributed by atoms with Crippen LogP contribution in [0.5, 0.6) is 0 Å². The number of benzene rings is 5. The number of nitrogens with zero attached hydrogens (tertiary/aromatic N) is 3. The summed E-state index contributed by atoms with van der Waals surface area (Å²) in [5, 5.41) is 12.9. The molecule has 1 aliphatic heterocycles. The van der Waals surface area contributed by atoms with Gasteiger partial charge in [0.1, 0.15) is 0 Å². The van der Waals surface area contributed by atoms with Gasteiger partial charge in [-0.2, -0.15) is 0 Å². The summed E-state index contributed by atoms with van der Waals surface area (Å²) in [4.78, 5) is 7.60. The third-order valence-corrected chi connectivity index (χ3v) is 9.32. The number of hydrogen-bond acceptors (Lipinski definition) is 4. The van der Waals surface area contributed by atoms with Gasteiger partial charge in [0.25, 0.3) is 0 Å². The molecule has 7 rings (SSSR count). The molecule has 2 heterocycles. The van der Waals surface area contributed by atoms with E-state index in [0.29, 0.717) is 0 Å². The number of aliphatic imine (C=N–C) groups is 1.